The first-order valence-electron chi connectivity index (χ1n) is 5.54. The van der Waals surface area contributed by atoms with Gasteiger partial charge in [0.2, 0.25) is 0 Å². The molecule has 0 amide bonds. The van der Waals surface area contributed by atoms with Crippen LogP contribution >= 0.6 is 15.9 Å². The lowest BCUT2D eigenvalue weighted by Gasteiger charge is -2.38. The largest absolute Gasteiger partial charge is 0.373 e. The molecule has 0 saturated heterocycles. The van der Waals surface area contributed by atoms with E-state index in [1.165, 1.54) is 5.57 Å². The molecule has 0 aromatic carbocycles. The van der Waals surface area contributed by atoms with E-state index in [2.05, 4.69) is 74.3 Å². The van der Waals surface area contributed by atoms with Crippen molar-refractivity contribution < 1.29 is 0 Å². The van der Waals surface area contributed by atoms with E-state index in [4.69, 9.17) is 0 Å². The van der Waals surface area contributed by atoms with Crippen LogP contribution in [0.5, 0.6) is 0 Å². The summed E-state index contributed by atoms with van der Waals surface area (Å²) in [7, 11) is -0.816. The summed E-state index contributed by atoms with van der Waals surface area (Å²) in [6, 6.07) is 0. The normalized spacial score (nSPS) is 27.2. The molecule has 1 nitrogen and oxygen atoms in total. The highest BCUT2D eigenvalue weighted by Crippen LogP contribution is 2.39. The molecule has 0 saturated carbocycles. The minimum absolute atomic E-state index is 0.0370. The van der Waals surface area contributed by atoms with Crippen molar-refractivity contribution in [3.05, 3.63) is 23.0 Å². The molecule has 1 rings (SSSR count). The first-order chi connectivity index (χ1) is 6.66. The van der Waals surface area contributed by atoms with Crippen LogP contribution in [0.3, 0.4) is 0 Å². The Bertz CT molecular complexity index is 308. The number of hydrogen-bond donors (Lipinski definition) is 1. The molecule has 3 heteroatoms. The molecule has 1 aliphatic heterocycles. The number of hydrogen-bond acceptors (Lipinski definition) is 1. The number of allylic oxidation sites excluding steroid dienone is 2. The van der Waals surface area contributed by atoms with Gasteiger partial charge < -0.3 is 5.32 Å². The Morgan fingerprint density at radius 1 is 1.33 bits per heavy atom. The smallest absolute Gasteiger partial charge is 0.108 e. The van der Waals surface area contributed by atoms with Gasteiger partial charge in [0.15, 0.2) is 0 Å². The van der Waals surface area contributed by atoms with Crippen LogP contribution in [-0.4, -0.2) is 13.2 Å². The van der Waals surface area contributed by atoms with Crippen LogP contribution in [0, 0.1) is 5.41 Å². The van der Waals surface area contributed by atoms with Gasteiger partial charge in [-0.2, -0.15) is 0 Å². The van der Waals surface area contributed by atoms with Crippen LogP contribution in [0.2, 0.25) is 13.1 Å². The highest BCUT2D eigenvalue weighted by Gasteiger charge is 2.34. The molecule has 0 radical (unpaired) electrons. The highest BCUT2D eigenvalue weighted by molar-refractivity contribution is 9.10. The molecule has 1 atom stereocenters. The number of rotatable bonds is 1. The lowest BCUT2D eigenvalue weighted by atomic mass is 9.84. The van der Waals surface area contributed by atoms with E-state index < -0.39 is 8.80 Å². The molecule has 1 unspecified atom stereocenters. The summed E-state index contributed by atoms with van der Waals surface area (Å²) in [6.07, 6.45) is 4.31. The molecule has 0 bridgehead atoms. The lowest BCUT2D eigenvalue weighted by Crippen LogP contribution is -2.43. The zero-order chi connectivity index (χ0) is 11.9. The van der Waals surface area contributed by atoms with E-state index in [-0.39, 0.29) is 9.86 Å². The van der Waals surface area contributed by atoms with Crippen molar-refractivity contribution in [2.24, 2.45) is 5.41 Å². The summed E-state index contributed by atoms with van der Waals surface area (Å²) < 4.78 is -0.0370. The van der Waals surface area contributed by atoms with E-state index in [9.17, 15) is 0 Å². The average molecular weight is 288 g/mol. The minimum atomic E-state index is -0.816. The van der Waals surface area contributed by atoms with E-state index in [1.807, 2.05) is 0 Å². The molecule has 15 heavy (non-hydrogen) atoms. The van der Waals surface area contributed by atoms with Crippen molar-refractivity contribution in [1.82, 2.24) is 5.32 Å². The van der Waals surface area contributed by atoms with Gasteiger partial charge in [-0.1, -0.05) is 49.8 Å². The first kappa shape index (κ1) is 13.0. The van der Waals surface area contributed by atoms with E-state index >= 15 is 0 Å². The summed E-state index contributed by atoms with van der Waals surface area (Å²) in [6.45, 7) is 13.9. The maximum atomic E-state index is 3.81. The van der Waals surface area contributed by atoms with Crippen molar-refractivity contribution in [3.63, 3.8) is 0 Å². The molecular formula is C12H22BrNSi. The van der Waals surface area contributed by atoms with Crippen LogP contribution in [-0.2, 0) is 0 Å². The molecule has 86 valence electrons. The number of nitrogens with one attached hydrogen (secondary N) is 1. The van der Waals surface area contributed by atoms with Gasteiger partial charge in [0, 0.05) is 0 Å². The summed E-state index contributed by atoms with van der Waals surface area (Å²) in [4.78, 5) is 0. The second-order valence-electron chi connectivity index (χ2n) is 5.71. The van der Waals surface area contributed by atoms with E-state index in [0.717, 1.165) is 0 Å². The third-order valence-corrected chi connectivity index (χ3v) is 5.91. The first-order valence-corrected chi connectivity index (χ1v) is 9.22. The predicted molar refractivity (Wildman–Crippen MR) is 75.0 cm³/mol. The predicted octanol–water partition coefficient (Wildman–Crippen LogP) is 3.58. The Hall–Kier alpha value is -0.0231. The van der Waals surface area contributed by atoms with E-state index in [0.29, 0.717) is 0 Å². The Morgan fingerprint density at radius 3 is 2.20 bits per heavy atom. The van der Waals surface area contributed by atoms with Crippen molar-refractivity contribution in [2.75, 3.05) is 0 Å². The fourth-order valence-electron chi connectivity index (χ4n) is 2.21. The summed E-state index contributed by atoms with van der Waals surface area (Å²) >= 11 is 3.81. The monoisotopic (exact) mass is 287 g/mol. The highest BCUT2D eigenvalue weighted by atomic mass is 79.9. The van der Waals surface area contributed by atoms with Crippen LogP contribution in [0.15, 0.2) is 23.0 Å². The van der Waals surface area contributed by atoms with Crippen molar-refractivity contribution in [1.29, 1.82) is 0 Å². The molecule has 0 aromatic heterocycles. The number of dihydropyridines is 1. The molecule has 0 aromatic rings. The second kappa shape index (κ2) is 4.09. The lowest BCUT2D eigenvalue weighted by molar-refractivity contribution is 0.499. The van der Waals surface area contributed by atoms with Crippen molar-refractivity contribution in [3.8, 4) is 0 Å². The molecule has 0 spiro atoms. The standard InChI is InChI=1S/C12H22BrNSi/c1-11(2,3)9-7-8-14-12(4,13)10(9)15(5)6/h7-8,14-15H,1-6H3. The molecule has 0 aliphatic carbocycles. The third-order valence-electron chi connectivity index (χ3n) is 2.79. The quantitative estimate of drug-likeness (QED) is 0.442. The number of halogens is 1. The minimum Gasteiger partial charge on any atom is -0.373 e. The van der Waals surface area contributed by atoms with Crippen molar-refractivity contribution >= 4 is 24.7 Å². The Morgan fingerprint density at radius 2 is 1.87 bits per heavy atom. The van der Waals surface area contributed by atoms with Crippen molar-refractivity contribution in [2.45, 2.75) is 45.2 Å². The van der Waals surface area contributed by atoms with Gasteiger partial charge in [0.1, 0.15) is 4.45 Å². The fraction of sp³-hybridized carbons (Fsp3) is 0.667. The maximum absolute atomic E-state index is 3.81. The third kappa shape index (κ3) is 2.75. The van der Waals surface area contributed by atoms with Gasteiger partial charge in [-0.25, -0.2) is 0 Å². The van der Waals surface area contributed by atoms with Gasteiger partial charge in [-0.3, -0.25) is 0 Å². The summed E-state index contributed by atoms with van der Waals surface area (Å²) in [5, 5.41) is 5.00. The van der Waals surface area contributed by atoms with E-state index in [1.54, 1.807) is 5.20 Å². The molecular weight excluding hydrogens is 266 g/mol. The summed E-state index contributed by atoms with van der Waals surface area (Å²) in [5.41, 5.74) is 1.74. The summed E-state index contributed by atoms with van der Waals surface area (Å²) in [5.74, 6) is 0. The van der Waals surface area contributed by atoms with Gasteiger partial charge in [-0.15, -0.1) is 0 Å². The molecule has 1 N–H and O–H groups in total. The molecule has 0 fully saturated rings. The average Bonchev–Trinajstić information content (AvgIpc) is 1.99. The van der Waals surface area contributed by atoms with Gasteiger partial charge in [0.25, 0.3) is 0 Å². The number of alkyl halides is 1. The van der Waals surface area contributed by atoms with Gasteiger partial charge in [0.05, 0.1) is 8.80 Å². The zero-order valence-electron chi connectivity index (χ0n) is 10.6. The van der Waals surface area contributed by atoms with Crippen LogP contribution < -0.4 is 5.32 Å². The maximum Gasteiger partial charge on any atom is 0.108 e. The van der Waals surface area contributed by atoms with Crippen LogP contribution in [0.1, 0.15) is 27.7 Å². The fourth-order valence-corrected chi connectivity index (χ4v) is 6.25. The second-order valence-corrected chi connectivity index (χ2v) is 10.2. The SMILES string of the molecule is C[SiH](C)C1=C(C(C)(C)C)C=CNC1(C)Br. The molecule has 1 heterocycles. The van der Waals surface area contributed by atoms with Crippen LogP contribution in [0.4, 0.5) is 0 Å². The van der Waals surface area contributed by atoms with Crippen LogP contribution in [0.25, 0.3) is 0 Å². The van der Waals surface area contributed by atoms with Gasteiger partial charge >= 0.3 is 0 Å². The molecule has 1 aliphatic rings. The Labute approximate surface area is 104 Å². The Kier molecular flexibility index (Phi) is 3.56. The van der Waals surface area contributed by atoms with Gasteiger partial charge in [-0.05, 0) is 35.4 Å². The Balaban J connectivity index is 3.32. The zero-order valence-corrected chi connectivity index (χ0v) is 13.4. The topological polar surface area (TPSA) is 12.0 Å².